The molecule has 0 spiro atoms. The van der Waals surface area contributed by atoms with Crippen molar-refractivity contribution >= 4 is 11.9 Å². The van der Waals surface area contributed by atoms with Gasteiger partial charge in [-0.15, -0.1) is 0 Å². The summed E-state index contributed by atoms with van der Waals surface area (Å²) in [5, 5.41) is 0. The number of carbonyl (C=O) groups excluding carboxylic acids is 2. The van der Waals surface area contributed by atoms with Gasteiger partial charge >= 0.3 is 11.9 Å². The fraction of sp³-hybridized carbons (Fsp3) is 0.803. The van der Waals surface area contributed by atoms with Crippen LogP contribution in [0.3, 0.4) is 0 Å². The maximum atomic E-state index is 12.8. The maximum absolute atomic E-state index is 12.8. The van der Waals surface area contributed by atoms with E-state index in [-0.39, 0.29) is 31.6 Å². The number of unbranched alkanes of at least 4 members (excludes halogenated alkanes) is 33. The number of hydrogen-bond acceptors (Lipinski definition) is 5. The minimum Gasteiger partial charge on any atom is -0.461 e. The molecule has 5 heteroatoms. The van der Waals surface area contributed by atoms with Crippen LogP contribution in [0.25, 0.3) is 0 Å². The van der Waals surface area contributed by atoms with Crippen molar-refractivity contribution in [3.05, 3.63) is 60.8 Å². The first kappa shape index (κ1) is 63.6. The standard InChI is InChI=1S/C61H110O5/c1-4-7-10-13-16-19-22-25-28-29-30-31-32-35-38-41-44-47-50-53-56-64-57-59(66-61(63)55-52-49-46-43-40-37-34-27-24-21-18-15-12-9-6-3)58-65-60(62)54-51-48-45-42-39-36-33-26-23-20-17-14-11-8-5-2/h8,11,17,20,26,33,39,42,48,51,59H,4-7,9-10,12-16,18-19,21-25,27-32,34-38,40-41,43-47,49-50,52-58H2,1-3H3/b11-8-,20-17-,33-26-,42-39-,51-48-. The molecule has 0 fully saturated rings. The van der Waals surface area contributed by atoms with Crippen LogP contribution in [-0.2, 0) is 23.8 Å². The molecular formula is C61H110O5. The van der Waals surface area contributed by atoms with Gasteiger partial charge in [0, 0.05) is 13.0 Å². The Morgan fingerprint density at radius 1 is 0.348 bits per heavy atom. The predicted octanol–water partition coefficient (Wildman–Crippen LogP) is 19.7. The molecule has 384 valence electrons. The van der Waals surface area contributed by atoms with E-state index in [1.165, 1.54) is 199 Å². The molecule has 0 rings (SSSR count). The monoisotopic (exact) mass is 923 g/mol. The molecular weight excluding hydrogens is 813 g/mol. The third kappa shape index (κ3) is 54.2. The average Bonchev–Trinajstić information content (AvgIpc) is 3.32. The first-order chi connectivity index (χ1) is 32.6. The van der Waals surface area contributed by atoms with E-state index in [0.29, 0.717) is 13.0 Å². The highest BCUT2D eigenvalue weighted by Gasteiger charge is 2.17. The lowest BCUT2D eigenvalue weighted by atomic mass is 10.0. The third-order valence-corrected chi connectivity index (χ3v) is 12.6. The van der Waals surface area contributed by atoms with E-state index in [9.17, 15) is 9.59 Å². The SMILES string of the molecule is CC/C=C\C/C=C\C/C=C\C/C=C\C/C=C\CC(=O)OCC(COCCCCCCCCCCCCCCCCCCCCCC)OC(=O)CCCCCCCCCCCCCCCCC. The number of hydrogen-bond donors (Lipinski definition) is 0. The van der Waals surface area contributed by atoms with Crippen LogP contribution in [0.4, 0.5) is 0 Å². The van der Waals surface area contributed by atoms with Gasteiger partial charge in [0.15, 0.2) is 6.10 Å². The topological polar surface area (TPSA) is 61.8 Å². The molecule has 0 aromatic carbocycles. The molecule has 5 nitrogen and oxygen atoms in total. The number of esters is 2. The van der Waals surface area contributed by atoms with Gasteiger partial charge in [0.05, 0.1) is 13.0 Å². The van der Waals surface area contributed by atoms with Gasteiger partial charge in [-0.1, -0.05) is 293 Å². The van der Waals surface area contributed by atoms with Gasteiger partial charge in [0.25, 0.3) is 0 Å². The van der Waals surface area contributed by atoms with Crippen molar-refractivity contribution in [3.63, 3.8) is 0 Å². The highest BCUT2D eigenvalue weighted by molar-refractivity contribution is 5.71. The Hall–Kier alpha value is -2.40. The lowest BCUT2D eigenvalue weighted by Gasteiger charge is -2.18. The second-order valence-electron chi connectivity index (χ2n) is 19.2. The molecule has 0 heterocycles. The van der Waals surface area contributed by atoms with Crippen molar-refractivity contribution in [1.29, 1.82) is 0 Å². The molecule has 0 amide bonds. The molecule has 0 aliphatic rings. The van der Waals surface area contributed by atoms with E-state index in [2.05, 4.69) is 69.4 Å². The Balaban J connectivity index is 4.30. The summed E-state index contributed by atoms with van der Waals surface area (Å²) in [6, 6.07) is 0. The minimum absolute atomic E-state index is 0.0351. The van der Waals surface area contributed by atoms with Crippen molar-refractivity contribution in [2.45, 2.75) is 297 Å². The number of ether oxygens (including phenoxy) is 3. The first-order valence-electron chi connectivity index (χ1n) is 28.8. The molecule has 1 atom stereocenters. The summed E-state index contributed by atoms with van der Waals surface area (Å²) in [6.07, 6.45) is 72.7. The van der Waals surface area contributed by atoms with Gasteiger partial charge in [-0.05, 0) is 44.9 Å². The Morgan fingerprint density at radius 2 is 0.667 bits per heavy atom. The molecule has 1 unspecified atom stereocenters. The molecule has 0 aliphatic heterocycles. The highest BCUT2D eigenvalue weighted by Crippen LogP contribution is 2.17. The Kier molecular flexibility index (Phi) is 54.9. The normalized spacial score (nSPS) is 12.6. The van der Waals surface area contributed by atoms with Crippen LogP contribution in [0.2, 0.25) is 0 Å². The van der Waals surface area contributed by atoms with E-state index >= 15 is 0 Å². The quantitative estimate of drug-likeness (QED) is 0.0346. The summed E-state index contributed by atoms with van der Waals surface area (Å²) in [5.74, 6) is -0.528. The van der Waals surface area contributed by atoms with E-state index in [4.69, 9.17) is 14.2 Å². The summed E-state index contributed by atoms with van der Waals surface area (Å²) < 4.78 is 17.4. The summed E-state index contributed by atoms with van der Waals surface area (Å²) in [6.45, 7) is 7.66. The summed E-state index contributed by atoms with van der Waals surface area (Å²) in [4.78, 5) is 25.4. The van der Waals surface area contributed by atoms with Gasteiger partial charge in [-0.2, -0.15) is 0 Å². The fourth-order valence-corrected chi connectivity index (χ4v) is 8.35. The van der Waals surface area contributed by atoms with Crippen LogP contribution in [0.1, 0.15) is 290 Å². The van der Waals surface area contributed by atoms with Crippen LogP contribution in [-0.4, -0.2) is 37.9 Å². The lowest BCUT2D eigenvalue weighted by molar-refractivity contribution is -0.162. The van der Waals surface area contributed by atoms with Crippen LogP contribution >= 0.6 is 0 Å². The van der Waals surface area contributed by atoms with Gasteiger partial charge in [0.2, 0.25) is 0 Å². The van der Waals surface area contributed by atoms with Crippen molar-refractivity contribution in [2.24, 2.45) is 0 Å². The lowest BCUT2D eigenvalue weighted by Crippen LogP contribution is -2.30. The summed E-state index contributed by atoms with van der Waals surface area (Å²) >= 11 is 0. The zero-order valence-electron chi connectivity index (χ0n) is 44.2. The van der Waals surface area contributed by atoms with Crippen molar-refractivity contribution < 1.29 is 23.8 Å². The largest absolute Gasteiger partial charge is 0.461 e. The Bertz CT molecular complexity index is 1130. The van der Waals surface area contributed by atoms with Gasteiger partial charge in [-0.25, -0.2) is 0 Å². The molecule has 0 aromatic rings. The Labute approximate surface area is 411 Å². The Morgan fingerprint density at radius 3 is 1.03 bits per heavy atom. The summed E-state index contributed by atoms with van der Waals surface area (Å²) in [7, 11) is 0. The molecule has 0 saturated carbocycles. The van der Waals surface area contributed by atoms with E-state index in [0.717, 1.165) is 57.8 Å². The van der Waals surface area contributed by atoms with Crippen LogP contribution in [0, 0.1) is 0 Å². The molecule has 0 saturated heterocycles. The summed E-state index contributed by atoms with van der Waals surface area (Å²) in [5.41, 5.74) is 0. The third-order valence-electron chi connectivity index (χ3n) is 12.6. The van der Waals surface area contributed by atoms with Crippen molar-refractivity contribution in [1.82, 2.24) is 0 Å². The fourth-order valence-electron chi connectivity index (χ4n) is 8.35. The predicted molar refractivity (Wildman–Crippen MR) is 288 cm³/mol. The van der Waals surface area contributed by atoms with Gasteiger partial charge in [0.1, 0.15) is 6.61 Å². The first-order valence-corrected chi connectivity index (χ1v) is 28.8. The van der Waals surface area contributed by atoms with Gasteiger partial charge in [-0.3, -0.25) is 9.59 Å². The molecule has 66 heavy (non-hydrogen) atoms. The van der Waals surface area contributed by atoms with Crippen LogP contribution in [0.5, 0.6) is 0 Å². The minimum atomic E-state index is -0.573. The number of allylic oxidation sites excluding steroid dienone is 9. The van der Waals surface area contributed by atoms with Crippen LogP contribution in [0.15, 0.2) is 60.8 Å². The van der Waals surface area contributed by atoms with E-state index in [1.54, 1.807) is 0 Å². The van der Waals surface area contributed by atoms with Gasteiger partial charge < -0.3 is 14.2 Å². The number of carbonyl (C=O) groups is 2. The zero-order valence-corrected chi connectivity index (χ0v) is 44.2. The second kappa shape index (κ2) is 56.9. The van der Waals surface area contributed by atoms with Crippen molar-refractivity contribution in [3.8, 4) is 0 Å². The smallest absolute Gasteiger partial charge is 0.309 e. The number of rotatable bonds is 53. The zero-order chi connectivity index (χ0) is 47.7. The molecule has 0 bridgehead atoms. The maximum Gasteiger partial charge on any atom is 0.309 e. The second-order valence-corrected chi connectivity index (χ2v) is 19.2. The molecule has 0 aromatic heterocycles. The average molecular weight is 924 g/mol. The molecule has 0 radical (unpaired) electrons. The van der Waals surface area contributed by atoms with E-state index < -0.39 is 6.10 Å². The van der Waals surface area contributed by atoms with Crippen molar-refractivity contribution in [2.75, 3.05) is 19.8 Å². The molecule has 0 N–H and O–H groups in total. The molecule has 0 aliphatic carbocycles. The van der Waals surface area contributed by atoms with Crippen LogP contribution < -0.4 is 0 Å². The highest BCUT2D eigenvalue weighted by atomic mass is 16.6. The van der Waals surface area contributed by atoms with E-state index in [1.807, 2.05) is 12.2 Å².